The van der Waals surface area contributed by atoms with Crippen LogP contribution in [0.3, 0.4) is 0 Å². The summed E-state index contributed by atoms with van der Waals surface area (Å²) in [6.45, 7) is -0.606. The highest BCUT2D eigenvalue weighted by atomic mass is 32.2. The molecule has 15 rings (SSSR count). The summed E-state index contributed by atoms with van der Waals surface area (Å²) >= 11 is 1.75. The molecule has 0 fully saturated rings. The zero-order valence-electron chi connectivity index (χ0n) is 40.3. The van der Waals surface area contributed by atoms with Gasteiger partial charge in [0.15, 0.2) is 0 Å². The molecular weight excluding hydrogens is 943 g/mol. The van der Waals surface area contributed by atoms with Crippen molar-refractivity contribution in [2.24, 2.45) is 0 Å². The Balaban J connectivity index is 1.18. The number of rotatable bonds is 6. The standard InChI is InChI=1S/C67H41B2F3N2S/c70-67(71,72)50-30-13-16-33-55(50)73-56-34-17-14-31-51(56)68-53-40-46(42-20-5-1-6-21-42)36-38-57(53)74-58-39-37-47(43-22-7-2-8-23-43)41-54(58)69-52-32-15-18-35-59(52)75-66-61(64(73)62(68)65(74)63(66)69)60-48(44-24-9-3-10-25-44)28-19-29-49(60)45-26-11-4-12-27-45/h1-41H. The van der Waals surface area contributed by atoms with Crippen molar-refractivity contribution in [1.82, 2.24) is 0 Å². The Hall–Kier alpha value is -8.71. The van der Waals surface area contributed by atoms with Gasteiger partial charge in [-0.2, -0.15) is 13.2 Å². The van der Waals surface area contributed by atoms with Crippen LogP contribution in [0, 0.1) is 0 Å². The minimum atomic E-state index is -4.67. The second-order valence-corrected chi connectivity index (χ2v) is 20.8. The van der Waals surface area contributed by atoms with Gasteiger partial charge in [-0.15, -0.1) is 0 Å². The lowest BCUT2D eigenvalue weighted by molar-refractivity contribution is -0.137. The fourth-order valence-corrected chi connectivity index (χ4v) is 14.0. The maximum Gasteiger partial charge on any atom is 0.418 e. The van der Waals surface area contributed by atoms with Crippen LogP contribution in [0.1, 0.15) is 5.56 Å². The zero-order chi connectivity index (χ0) is 49.9. The average molecular weight is 985 g/mol. The van der Waals surface area contributed by atoms with E-state index in [0.717, 1.165) is 105 Å². The molecule has 11 aromatic rings. The van der Waals surface area contributed by atoms with E-state index < -0.39 is 11.7 Å². The van der Waals surface area contributed by atoms with Gasteiger partial charge in [-0.05, 0) is 108 Å². The molecule has 75 heavy (non-hydrogen) atoms. The third-order valence-electron chi connectivity index (χ3n) is 15.7. The van der Waals surface area contributed by atoms with Crippen LogP contribution in [0.25, 0.3) is 55.6 Å². The molecule has 11 aromatic carbocycles. The van der Waals surface area contributed by atoms with Crippen LogP contribution >= 0.6 is 11.8 Å². The first-order valence-corrected chi connectivity index (χ1v) is 26.2. The van der Waals surface area contributed by atoms with Crippen molar-refractivity contribution in [1.29, 1.82) is 0 Å². The van der Waals surface area contributed by atoms with Gasteiger partial charge in [-0.1, -0.05) is 230 Å². The van der Waals surface area contributed by atoms with Gasteiger partial charge in [-0.3, -0.25) is 0 Å². The first-order chi connectivity index (χ1) is 36.9. The summed E-state index contributed by atoms with van der Waals surface area (Å²) < 4.78 is 48.1. The summed E-state index contributed by atoms with van der Waals surface area (Å²) in [6, 6.07) is 85.4. The minimum Gasteiger partial charge on any atom is -0.312 e. The Morgan fingerprint density at radius 3 is 1.36 bits per heavy atom. The summed E-state index contributed by atoms with van der Waals surface area (Å²) in [6.07, 6.45) is -4.67. The number of hydrogen-bond donors (Lipinski definition) is 0. The number of nitrogens with zero attached hydrogens (tertiary/aromatic N) is 2. The Morgan fingerprint density at radius 2 is 0.787 bits per heavy atom. The first-order valence-electron chi connectivity index (χ1n) is 25.4. The maximum absolute atomic E-state index is 16.0. The van der Waals surface area contributed by atoms with Gasteiger partial charge in [0.25, 0.3) is 6.71 Å². The summed E-state index contributed by atoms with van der Waals surface area (Å²) in [5, 5.41) is 0. The lowest BCUT2D eigenvalue weighted by atomic mass is 9.29. The van der Waals surface area contributed by atoms with E-state index in [2.05, 4.69) is 193 Å². The molecule has 0 amide bonds. The van der Waals surface area contributed by atoms with Crippen molar-refractivity contribution in [3.8, 4) is 55.6 Å². The third kappa shape index (κ3) is 6.65. The predicted molar refractivity (Wildman–Crippen MR) is 308 cm³/mol. The Bertz CT molecular complexity index is 4040. The number of alkyl halides is 3. The summed E-state index contributed by atoms with van der Waals surface area (Å²) in [4.78, 5) is 6.61. The highest BCUT2D eigenvalue weighted by molar-refractivity contribution is 8.00. The van der Waals surface area contributed by atoms with Crippen LogP contribution in [-0.2, 0) is 6.18 Å². The molecule has 0 saturated heterocycles. The van der Waals surface area contributed by atoms with Gasteiger partial charge in [-0.25, -0.2) is 0 Å². The predicted octanol–water partition coefficient (Wildman–Crippen LogP) is 14.4. The molecule has 0 bridgehead atoms. The number of hydrogen-bond acceptors (Lipinski definition) is 3. The van der Waals surface area contributed by atoms with Crippen LogP contribution < -0.4 is 42.6 Å². The van der Waals surface area contributed by atoms with Crippen molar-refractivity contribution < 1.29 is 13.2 Å². The first kappa shape index (κ1) is 43.8. The van der Waals surface area contributed by atoms with Gasteiger partial charge in [0.2, 0.25) is 6.71 Å². The van der Waals surface area contributed by atoms with Crippen molar-refractivity contribution in [3.63, 3.8) is 0 Å². The largest absolute Gasteiger partial charge is 0.418 e. The fourth-order valence-electron chi connectivity index (χ4n) is 12.7. The number of benzene rings is 11. The summed E-state index contributed by atoms with van der Waals surface area (Å²) in [5.41, 5.74) is 20.9. The molecule has 4 aliphatic heterocycles. The monoisotopic (exact) mass is 984 g/mol. The molecular formula is C67H41B2F3N2S. The number of anilines is 6. The van der Waals surface area contributed by atoms with Crippen LogP contribution in [0.15, 0.2) is 259 Å². The second-order valence-electron chi connectivity index (χ2n) is 19.7. The maximum atomic E-state index is 16.0. The summed E-state index contributed by atoms with van der Waals surface area (Å²) in [7, 11) is 0. The van der Waals surface area contributed by atoms with E-state index in [0.29, 0.717) is 5.69 Å². The van der Waals surface area contributed by atoms with E-state index in [4.69, 9.17) is 0 Å². The lowest BCUT2D eigenvalue weighted by Crippen LogP contribution is -2.68. The molecule has 0 unspecified atom stereocenters. The Labute approximate surface area is 438 Å². The highest BCUT2D eigenvalue weighted by Crippen LogP contribution is 2.57. The molecule has 0 aliphatic carbocycles. The molecule has 0 saturated carbocycles. The van der Waals surface area contributed by atoms with Crippen LogP contribution in [0.4, 0.5) is 47.3 Å². The van der Waals surface area contributed by atoms with E-state index in [1.54, 1.807) is 23.9 Å². The van der Waals surface area contributed by atoms with Crippen molar-refractivity contribution >= 4 is 92.1 Å². The quantitative estimate of drug-likeness (QED) is 0.153. The second kappa shape index (κ2) is 16.9. The molecule has 0 atom stereocenters. The number of para-hydroxylation sites is 2. The molecule has 2 nitrogen and oxygen atoms in total. The molecule has 352 valence electrons. The fraction of sp³-hybridized carbons (Fsp3) is 0.0149. The number of fused-ring (bicyclic) bond motifs is 10. The zero-order valence-corrected chi connectivity index (χ0v) is 41.1. The average Bonchev–Trinajstić information content (AvgIpc) is 3.53. The molecule has 0 spiro atoms. The minimum absolute atomic E-state index is 0.0795. The van der Waals surface area contributed by atoms with E-state index in [-0.39, 0.29) is 19.1 Å². The molecule has 8 heteroatoms. The van der Waals surface area contributed by atoms with Crippen LogP contribution in [0.2, 0.25) is 0 Å². The van der Waals surface area contributed by atoms with E-state index >= 15 is 13.2 Å². The molecule has 0 N–H and O–H groups in total. The Kier molecular flexibility index (Phi) is 9.89. The van der Waals surface area contributed by atoms with E-state index in [9.17, 15) is 0 Å². The van der Waals surface area contributed by atoms with Gasteiger partial charge in [0.05, 0.1) is 16.9 Å². The topological polar surface area (TPSA) is 6.48 Å². The van der Waals surface area contributed by atoms with Gasteiger partial charge < -0.3 is 9.80 Å². The van der Waals surface area contributed by atoms with Crippen LogP contribution in [0.5, 0.6) is 0 Å². The van der Waals surface area contributed by atoms with Crippen molar-refractivity contribution in [3.05, 3.63) is 254 Å². The molecule has 4 aliphatic rings. The van der Waals surface area contributed by atoms with Gasteiger partial charge in [0, 0.05) is 43.7 Å². The number of halogens is 3. The van der Waals surface area contributed by atoms with Gasteiger partial charge in [0.1, 0.15) is 0 Å². The summed E-state index contributed by atoms with van der Waals surface area (Å²) in [5.74, 6) is 0. The van der Waals surface area contributed by atoms with E-state index in [1.807, 2.05) is 41.3 Å². The molecule has 4 heterocycles. The van der Waals surface area contributed by atoms with E-state index in [1.165, 1.54) is 28.5 Å². The van der Waals surface area contributed by atoms with Crippen molar-refractivity contribution in [2.45, 2.75) is 16.0 Å². The Morgan fingerprint density at radius 1 is 0.333 bits per heavy atom. The smallest absolute Gasteiger partial charge is 0.312 e. The third-order valence-corrected chi connectivity index (χ3v) is 17.0. The lowest BCUT2D eigenvalue weighted by Gasteiger charge is -2.51. The highest BCUT2D eigenvalue weighted by Gasteiger charge is 2.53. The SMILES string of the molecule is FC(F)(F)c1ccccc1N1c2ccccc2B2c3cc(-c4ccccc4)ccc3N3c4ccc(-c5ccccc5)cc4B4c5ccccc5Sc5c4c3c2c1c5-c1c(-c2ccccc2)cccc1-c1ccccc1. The molecule has 0 aromatic heterocycles. The van der Waals surface area contributed by atoms with Crippen LogP contribution in [-0.4, -0.2) is 13.4 Å². The van der Waals surface area contributed by atoms with Gasteiger partial charge >= 0.3 is 6.18 Å². The normalized spacial score (nSPS) is 13.4. The van der Waals surface area contributed by atoms with Crippen molar-refractivity contribution in [2.75, 3.05) is 9.80 Å². The molecule has 0 radical (unpaired) electrons.